The molecule has 4 heteroatoms. The predicted molar refractivity (Wildman–Crippen MR) is 121 cm³/mol. The van der Waals surface area contributed by atoms with E-state index in [1.54, 1.807) is 23.6 Å². The van der Waals surface area contributed by atoms with Gasteiger partial charge in [-0.15, -0.1) is 11.3 Å². The van der Waals surface area contributed by atoms with E-state index in [1.807, 2.05) is 30.3 Å². The lowest BCUT2D eigenvalue weighted by atomic mass is 9.59. The van der Waals surface area contributed by atoms with Crippen LogP contribution in [0.25, 0.3) is 10.8 Å². The topological polar surface area (TPSA) is 45.5 Å². The Morgan fingerprint density at radius 2 is 1.79 bits per heavy atom. The van der Waals surface area contributed by atoms with Gasteiger partial charge in [-0.25, -0.2) is 9.98 Å². The number of aromatic hydroxyl groups is 1. The predicted octanol–water partition coefficient (Wildman–Crippen LogP) is 6.59. The molecule has 1 aliphatic carbocycles. The summed E-state index contributed by atoms with van der Waals surface area (Å²) in [7, 11) is 0. The fraction of sp³-hybridized carbons (Fsp3) is 0.200. The summed E-state index contributed by atoms with van der Waals surface area (Å²) in [4.78, 5) is 9.32. The number of rotatable bonds is 4. The molecule has 0 saturated heterocycles. The smallest absolute Gasteiger partial charge is 0.209 e. The zero-order chi connectivity index (χ0) is 19.8. The first-order valence-electron chi connectivity index (χ1n) is 9.88. The normalized spacial score (nSPS) is 21.5. The summed E-state index contributed by atoms with van der Waals surface area (Å²) in [5.74, 6) is 0.730. The largest absolute Gasteiger partial charge is 0.507 e. The van der Waals surface area contributed by atoms with Crippen LogP contribution in [0.2, 0.25) is 0 Å². The summed E-state index contributed by atoms with van der Waals surface area (Å²) >= 11 is 1.56. The molecule has 0 spiro atoms. The van der Waals surface area contributed by atoms with Crippen molar-refractivity contribution in [2.24, 2.45) is 4.99 Å². The molecule has 0 bridgehead atoms. The molecule has 0 radical (unpaired) electrons. The van der Waals surface area contributed by atoms with Crippen LogP contribution in [0.5, 0.6) is 5.75 Å². The van der Waals surface area contributed by atoms with Gasteiger partial charge in [-0.3, -0.25) is 0 Å². The van der Waals surface area contributed by atoms with Crippen LogP contribution in [0.3, 0.4) is 0 Å². The zero-order valence-electron chi connectivity index (χ0n) is 16.2. The Hall–Kier alpha value is -2.98. The Morgan fingerprint density at radius 1 is 1.03 bits per heavy atom. The lowest BCUT2D eigenvalue weighted by Crippen LogP contribution is -2.37. The van der Waals surface area contributed by atoms with Crippen LogP contribution in [-0.2, 0) is 5.41 Å². The van der Waals surface area contributed by atoms with Crippen molar-refractivity contribution in [3.8, 4) is 5.75 Å². The number of thiazole rings is 1. The number of phenolic OH excluding ortho intramolecular Hbond substituents is 1. The van der Waals surface area contributed by atoms with Crippen LogP contribution in [0.4, 0.5) is 5.13 Å². The van der Waals surface area contributed by atoms with E-state index in [0.29, 0.717) is 5.92 Å². The van der Waals surface area contributed by atoms with Crippen molar-refractivity contribution >= 4 is 33.5 Å². The maximum Gasteiger partial charge on any atom is 0.209 e. The van der Waals surface area contributed by atoms with Crippen LogP contribution in [0.1, 0.15) is 42.5 Å². The van der Waals surface area contributed by atoms with Gasteiger partial charge < -0.3 is 5.11 Å². The molecule has 5 rings (SSSR count). The number of aromatic nitrogens is 1. The van der Waals surface area contributed by atoms with Crippen molar-refractivity contribution in [3.05, 3.63) is 88.9 Å². The third-order valence-corrected chi connectivity index (χ3v) is 6.81. The van der Waals surface area contributed by atoms with E-state index < -0.39 is 0 Å². The summed E-state index contributed by atoms with van der Waals surface area (Å²) < 4.78 is 0. The van der Waals surface area contributed by atoms with E-state index in [2.05, 4.69) is 47.6 Å². The summed E-state index contributed by atoms with van der Waals surface area (Å²) in [6.07, 6.45) is 3.97. The van der Waals surface area contributed by atoms with Crippen LogP contribution >= 0.6 is 11.3 Å². The van der Waals surface area contributed by atoms with Gasteiger partial charge in [0.15, 0.2) is 0 Å². The van der Waals surface area contributed by atoms with Crippen molar-refractivity contribution in [2.45, 2.75) is 31.1 Å². The molecule has 144 valence electrons. The molecule has 0 atom stereocenters. The van der Waals surface area contributed by atoms with E-state index in [0.717, 1.165) is 40.0 Å². The first kappa shape index (κ1) is 18.1. The van der Waals surface area contributed by atoms with Crippen molar-refractivity contribution < 1.29 is 5.11 Å². The average molecular weight is 399 g/mol. The molecular formula is C25H22N2OS. The molecule has 29 heavy (non-hydrogen) atoms. The SMILES string of the molecule is CC1(c2ccccc2)CC(c2csc(N=Cc3c(O)ccc4ccccc34)n2)C1. The number of hydrogen-bond acceptors (Lipinski definition) is 4. The molecule has 0 amide bonds. The standard InChI is InChI=1S/C25H22N2OS/c1-25(19-8-3-2-4-9-19)13-18(14-25)22-16-29-24(27-22)26-15-21-20-10-6-5-7-17(20)11-12-23(21)28/h2-12,15-16,18,28H,13-14H2,1H3. The van der Waals surface area contributed by atoms with Gasteiger partial charge in [-0.1, -0.05) is 67.6 Å². The van der Waals surface area contributed by atoms with Gasteiger partial charge in [-0.2, -0.15) is 0 Å². The molecule has 1 saturated carbocycles. The number of phenols is 1. The number of benzene rings is 3. The molecular weight excluding hydrogens is 376 g/mol. The molecule has 0 unspecified atom stereocenters. The van der Waals surface area contributed by atoms with Crippen molar-refractivity contribution in [1.82, 2.24) is 4.98 Å². The fourth-order valence-corrected chi connectivity index (χ4v) is 5.12. The Bertz CT molecular complexity index is 1190. The average Bonchev–Trinajstić information content (AvgIpc) is 3.20. The highest BCUT2D eigenvalue weighted by molar-refractivity contribution is 7.13. The third-order valence-electron chi connectivity index (χ3n) is 6.04. The van der Waals surface area contributed by atoms with Gasteiger partial charge in [0.1, 0.15) is 5.75 Å². The van der Waals surface area contributed by atoms with Gasteiger partial charge in [0.25, 0.3) is 0 Å². The number of fused-ring (bicyclic) bond motifs is 1. The molecule has 1 aliphatic rings. The van der Waals surface area contributed by atoms with E-state index in [-0.39, 0.29) is 11.2 Å². The minimum absolute atomic E-state index is 0.238. The lowest BCUT2D eigenvalue weighted by Gasteiger charge is -2.45. The van der Waals surface area contributed by atoms with Gasteiger partial charge in [0, 0.05) is 23.1 Å². The molecule has 1 heterocycles. The van der Waals surface area contributed by atoms with Crippen LogP contribution in [-0.4, -0.2) is 16.3 Å². The van der Waals surface area contributed by atoms with Crippen molar-refractivity contribution in [1.29, 1.82) is 0 Å². The molecule has 3 nitrogen and oxygen atoms in total. The molecule has 1 aromatic heterocycles. The van der Waals surface area contributed by atoms with E-state index >= 15 is 0 Å². The molecule has 3 aromatic carbocycles. The second kappa shape index (κ2) is 7.12. The Balaban J connectivity index is 1.34. The van der Waals surface area contributed by atoms with Gasteiger partial charge in [0.05, 0.1) is 5.69 Å². The van der Waals surface area contributed by atoms with Crippen LogP contribution < -0.4 is 0 Å². The Kier molecular flexibility index (Phi) is 4.44. The lowest BCUT2D eigenvalue weighted by molar-refractivity contribution is 0.222. The highest BCUT2D eigenvalue weighted by atomic mass is 32.1. The van der Waals surface area contributed by atoms with Gasteiger partial charge in [0.2, 0.25) is 5.13 Å². The van der Waals surface area contributed by atoms with Crippen LogP contribution in [0, 0.1) is 0 Å². The monoisotopic (exact) mass is 398 g/mol. The van der Waals surface area contributed by atoms with Crippen molar-refractivity contribution in [3.63, 3.8) is 0 Å². The minimum atomic E-state index is 0.238. The third kappa shape index (κ3) is 3.34. The first-order valence-corrected chi connectivity index (χ1v) is 10.8. The molecule has 1 fully saturated rings. The highest BCUT2D eigenvalue weighted by Crippen LogP contribution is 2.52. The van der Waals surface area contributed by atoms with E-state index in [4.69, 9.17) is 4.98 Å². The first-order chi connectivity index (χ1) is 14.1. The Morgan fingerprint density at radius 3 is 2.62 bits per heavy atom. The minimum Gasteiger partial charge on any atom is -0.507 e. The number of nitrogens with zero attached hydrogens (tertiary/aromatic N) is 2. The highest BCUT2D eigenvalue weighted by Gasteiger charge is 2.42. The number of hydrogen-bond donors (Lipinski definition) is 1. The summed E-state index contributed by atoms with van der Waals surface area (Å²) in [6, 6.07) is 22.4. The molecule has 4 aromatic rings. The summed E-state index contributed by atoms with van der Waals surface area (Å²) in [6.45, 7) is 2.34. The second-order valence-electron chi connectivity index (χ2n) is 8.06. The van der Waals surface area contributed by atoms with E-state index in [1.165, 1.54) is 5.56 Å². The van der Waals surface area contributed by atoms with Crippen LogP contribution in [0.15, 0.2) is 77.1 Å². The maximum absolute atomic E-state index is 10.3. The molecule has 0 aliphatic heterocycles. The maximum atomic E-state index is 10.3. The van der Waals surface area contributed by atoms with Gasteiger partial charge >= 0.3 is 0 Å². The zero-order valence-corrected chi connectivity index (χ0v) is 17.1. The number of aliphatic imine (C=N–C) groups is 1. The van der Waals surface area contributed by atoms with Gasteiger partial charge in [-0.05, 0) is 40.7 Å². The second-order valence-corrected chi connectivity index (χ2v) is 8.90. The Labute approximate surface area is 174 Å². The fourth-order valence-electron chi connectivity index (χ4n) is 4.38. The summed E-state index contributed by atoms with van der Waals surface area (Å²) in [5, 5.41) is 15.2. The van der Waals surface area contributed by atoms with E-state index in [9.17, 15) is 5.11 Å². The van der Waals surface area contributed by atoms with Crippen molar-refractivity contribution in [2.75, 3.05) is 0 Å². The summed E-state index contributed by atoms with van der Waals surface area (Å²) in [5.41, 5.74) is 3.53. The molecule has 1 N–H and O–H groups in total. The quantitative estimate of drug-likeness (QED) is 0.394.